The number of ketones is 1. The highest BCUT2D eigenvalue weighted by Gasteiger charge is 2.69. The lowest BCUT2D eigenvalue weighted by molar-refractivity contribution is -0.347. The molecule has 3 rings (SSSR count). The molecule has 1 N–H and O–H groups in total. The van der Waals surface area contributed by atoms with Crippen molar-refractivity contribution in [2.45, 2.75) is 76.2 Å². The average Bonchev–Trinajstić information content (AvgIpc) is 3.19. The molecule has 0 radical (unpaired) electrons. The SMILES string of the molecule is CC12CCCC(=O)C1CC[C@@H]2C1(C/C=C/C(O)(C(F)(F)F)C(F)(F)F)CC1. The van der Waals surface area contributed by atoms with Gasteiger partial charge in [-0.2, -0.15) is 26.3 Å². The molecular formula is C19H24F6O2. The first kappa shape index (κ1) is 20.7. The minimum atomic E-state index is -5.83. The van der Waals surface area contributed by atoms with Crippen molar-refractivity contribution in [3.05, 3.63) is 12.2 Å². The van der Waals surface area contributed by atoms with E-state index in [2.05, 4.69) is 6.92 Å². The van der Waals surface area contributed by atoms with E-state index in [0.717, 1.165) is 44.6 Å². The van der Waals surface area contributed by atoms with Gasteiger partial charge in [-0.1, -0.05) is 13.0 Å². The second kappa shape index (κ2) is 6.22. The third kappa shape index (κ3) is 3.21. The summed E-state index contributed by atoms with van der Waals surface area (Å²) in [6, 6.07) is 0. The molecule has 2 unspecified atom stereocenters. The van der Waals surface area contributed by atoms with E-state index >= 15 is 0 Å². The Bertz CT molecular complexity index is 617. The summed E-state index contributed by atoms with van der Waals surface area (Å²) in [5.74, 6) is 0.315. The van der Waals surface area contributed by atoms with Gasteiger partial charge in [-0.3, -0.25) is 4.79 Å². The molecule has 3 saturated carbocycles. The normalized spacial score (nSPS) is 34.1. The van der Waals surface area contributed by atoms with E-state index < -0.39 is 18.0 Å². The molecule has 3 aliphatic carbocycles. The van der Waals surface area contributed by atoms with E-state index in [0.29, 0.717) is 6.42 Å². The number of rotatable bonds is 4. The lowest BCUT2D eigenvalue weighted by atomic mass is 9.60. The van der Waals surface area contributed by atoms with Crippen LogP contribution in [-0.2, 0) is 4.79 Å². The van der Waals surface area contributed by atoms with Crippen LogP contribution in [0.3, 0.4) is 0 Å². The van der Waals surface area contributed by atoms with Gasteiger partial charge in [0.05, 0.1) is 0 Å². The molecule has 154 valence electrons. The second-order valence-corrected chi connectivity index (χ2v) is 8.74. The Labute approximate surface area is 154 Å². The minimum absolute atomic E-state index is 0.0417. The van der Waals surface area contributed by atoms with Crippen molar-refractivity contribution in [3.8, 4) is 0 Å². The molecule has 0 aromatic heterocycles. The fourth-order valence-corrected chi connectivity index (χ4v) is 5.61. The molecule has 3 aliphatic rings. The standard InChI is InChI=1S/C19H24F6O2/c1-15-7-2-4-13(26)12(15)5-6-14(15)16(10-11-16)8-3-9-17(27,18(20,21)22)19(23,24)25/h3,9,12,14,27H,2,4-8,10-11H2,1H3/b9-3+/t12?,14-,15?/m0/s1. The Hall–Kier alpha value is -1.05. The molecule has 0 spiro atoms. The van der Waals surface area contributed by atoms with Crippen LogP contribution in [0.25, 0.3) is 0 Å². The van der Waals surface area contributed by atoms with Crippen LogP contribution in [0.1, 0.15) is 58.3 Å². The molecule has 0 bridgehead atoms. The molecule has 0 aromatic carbocycles. The molecule has 3 fully saturated rings. The van der Waals surface area contributed by atoms with Crippen LogP contribution in [0, 0.1) is 22.7 Å². The third-order valence-corrected chi connectivity index (χ3v) is 7.24. The maximum Gasteiger partial charge on any atom is 0.429 e. The summed E-state index contributed by atoms with van der Waals surface area (Å²) in [5, 5.41) is 9.26. The lowest BCUT2D eigenvalue weighted by Crippen LogP contribution is -2.55. The monoisotopic (exact) mass is 398 g/mol. The molecule has 8 heteroatoms. The van der Waals surface area contributed by atoms with Crippen molar-refractivity contribution >= 4 is 5.78 Å². The highest BCUT2D eigenvalue weighted by atomic mass is 19.4. The predicted octanol–water partition coefficient (Wildman–Crippen LogP) is 5.35. The maximum absolute atomic E-state index is 12.8. The van der Waals surface area contributed by atoms with Crippen LogP contribution in [0.2, 0.25) is 0 Å². The molecule has 0 aliphatic heterocycles. The molecule has 3 atom stereocenters. The summed E-state index contributed by atoms with van der Waals surface area (Å²) in [4.78, 5) is 12.2. The van der Waals surface area contributed by atoms with Crippen molar-refractivity contribution in [2.24, 2.45) is 22.7 Å². The summed E-state index contributed by atoms with van der Waals surface area (Å²) in [6.07, 6.45) is -5.70. The zero-order valence-electron chi connectivity index (χ0n) is 15.1. The molecule has 2 nitrogen and oxygen atoms in total. The number of halogens is 6. The summed E-state index contributed by atoms with van der Waals surface area (Å²) in [5.41, 5.74) is -5.40. The first-order valence-electron chi connectivity index (χ1n) is 9.33. The number of hydrogen-bond donors (Lipinski definition) is 1. The van der Waals surface area contributed by atoms with Crippen LogP contribution in [0.4, 0.5) is 26.3 Å². The van der Waals surface area contributed by atoms with Gasteiger partial charge in [0.25, 0.3) is 5.60 Å². The van der Waals surface area contributed by atoms with Gasteiger partial charge in [0.2, 0.25) is 0 Å². The van der Waals surface area contributed by atoms with Crippen LogP contribution < -0.4 is 0 Å². The molecule has 0 amide bonds. The predicted molar refractivity (Wildman–Crippen MR) is 85.7 cm³/mol. The minimum Gasteiger partial charge on any atom is -0.370 e. The number of Topliss-reactive ketones (excluding diaryl/α,β-unsaturated/α-hetero) is 1. The fourth-order valence-electron chi connectivity index (χ4n) is 5.61. The van der Waals surface area contributed by atoms with Gasteiger partial charge in [0.1, 0.15) is 5.78 Å². The van der Waals surface area contributed by atoms with E-state index in [-0.39, 0.29) is 40.9 Å². The van der Waals surface area contributed by atoms with E-state index in [9.17, 15) is 36.2 Å². The maximum atomic E-state index is 12.8. The zero-order chi connectivity index (χ0) is 20.3. The number of alkyl halides is 6. The smallest absolute Gasteiger partial charge is 0.370 e. The quantitative estimate of drug-likeness (QED) is 0.512. The number of hydrogen-bond acceptors (Lipinski definition) is 2. The summed E-state index contributed by atoms with van der Waals surface area (Å²) < 4.78 is 76.8. The number of allylic oxidation sites excluding steroid dienone is 1. The Morgan fingerprint density at radius 3 is 2.19 bits per heavy atom. The van der Waals surface area contributed by atoms with Gasteiger partial charge < -0.3 is 5.11 Å². The topological polar surface area (TPSA) is 37.3 Å². The highest BCUT2D eigenvalue weighted by Crippen LogP contribution is 2.68. The molecule has 27 heavy (non-hydrogen) atoms. The Morgan fingerprint density at radius 2 is 1.67 bits per heavy atom. The van der Waals surface area contributed by atoms with Crippen molar-refractivity contribution in [1.29, 1.82) is 0 Å². The average molecular weight is 398 g/mol. The summed E-state index contributed by atoms with van der Waals surface area (Å²) in [6.45, 7) is 2.05. The van der Waals surface area contributed by atoms with Gasteiger partial charge in [-0.05, 0) is 67.8 Å². The van der Waals surface area contributed by atoms with Gasteiger partial charge >= 0.3 is 12.4 Å². The summed E-state index contributed by atoms with van der Waals surface area (Å²) in [7, 11) is 0. The molecule has 0 saturated heterocycles. The largest absolute Gasteiger partial charge is 0.429 e. The van der Waals surface area contributed by atoms with E-state index in [1.807, 2.05) is 0 Å². The first-order valence-corrected chi connectivity index (χ1v) is 9.33. The Balaban J connectivity index is 1.78. The van der Waals surface area contributed by atoms with Crippen LogP contribution in [0.15, 0.2) is 12.2 Å². The van der Waals surface area contributed by atoms with E-state index in [1.54, 1.807) is 0 Å². The van der Waals surface area contributed by atoms with Gasteiger partial charge in [-0.25, -0.2) is 0 Å². The second-order valence-electron chi connectivity index (χ2n) is 8.74. The molecular weight excluding hydrogens is 374 g/mol. The Morgan fingerprint density at radius 1 is 1.07 bits per heavy atom. The number of carbonyl (C=O) groups excluding carboxylic acids is 1. The van der Waals surface area contributed by atoms with Crippen molar-refractivity contribution < 1.29 is 36.2 Å². The number of carbonyl (C=O) groups is 1. The van der Waals surface area contributed by atoms with E-state index in [1.165, 1.54) is 0 Å². The van der Waals surface area contributed by atoms with Crippen molar-refractivity contribution in [3.63, 3.8) is 0 Å². The molecule has 0 heterocycles. The van der Waals surface area contributed by atoms with Gasteiger partial charge in [0, 0.05) is 12.3 Å². The third-order valence-electron chi connectivity index (χ3n) is 7.24. The lowest BCUT2D eigenvalue weighted by Gasteiger charge is -2.43. The first-order chi connectivity index (χ1) is 12.3. The molecule has 0 aromatic rings. The van der Waals surface area contributed by atoms with Crippen molar-refractivity contribution in [1.82, 2.24) is 0 Å². The van der Waals surface area contributed by atoms with Crippen molar-refractivity contribution in [2.75, 3.05) is 0 Å². The van der Waals surface area contributed by atoms with Gasteiger partial charge in [0.15, 0.2) is 0 Å². The zero-order valence-corrected chi connectivity index (χ0v) is 15.1. The van der Waals surface area contributed by atoms with Crippen LogP contribution in [0.5, 0.6) is 0 Å². The van der Waals surface area contributed by atoms with Crippen LogP contribution >= 0.6 is 0 Å². The number of aliphatic hydroxyl groups is 1. The summed E-state index contributed by atoms with van der Waals surface area (Å²) >= 11 is 0. The highest BCUT2D eigenvalue weighted by molar-refractivity contribution is 5.83. The van der Waals surface area contributed by atoms with Gasteiger partial charge in [-0.15, -0.1) is 0 Å². The number of fused-ring (bicyclic) bond motifs is 1. The van der Waals surface area contributed by atoms with Crippen LogP contribution in [-0.4, -0.2) is 28.8 Å². The Kier molecular flexibility index (Phi) is 4.77. The fraction of sp³-hybridized carbons (Fsp3) is 0.842. The van der Waals surface area contributed by atoms with E-state index in [4.69, 9.17) is 0 Å².